The third kappa shape index (κ3) is 11.8. The zero-order valence-electron chi connectivity index (χ0n) is 19.8. The molecule has 0 aromatic heterocycles. The lowest BCUT2D eigenvalue weighted by Crippen LogP contribution is -2.17. The van der Waals surface area contributed by atoms with E-state index in [2.05, 4.69) is 50.3 Å². The minimum absolute atomic E-state index is 0.0440. The monoisotopic (exact) mass is 414 g/mol. The number of allylic oxidation sites excluding steroid dienone is 2. The molecule has 1 atom stereocenters. The lowest BCUT2D eigenvalue weighted by atomic mass is 10.0. The molecule has 1 aromatic rings. The molecule has 30 heavy (non-hydrogen) atoms. The van der Waals surface area contributed by atoms with Crippen LogP contribution in [0.25, 0.3) is 0 Å². The van der Waals surface area contributed by atoms with E-state index in [0.717, 1.165) is 18.8 Å². The van der Waals surface area contributed by atoms with Gasteiger partial charge in [-0.25, -0.2) is 0 Å². The third-order valence-electron chi connectivity index (χ3n) is 6.10. The zero-order valence-corrected chi connectivity index (χ0v) is 19.8. The summed E-state index contributed by atoms with van der Waals surface area (Å²) in [4.78, 5) is 0. The maximum Gasteiger partial charge on any atom is 0.123 e. The highest BCUT2D eigenvalue weighted by Crippen LogP contribution is 2.28. The molecule has 2 nitrogen and oxygen atoms in total. The Kier molecular flexibility index (Phi) is 12.9. The van der Waals surface area contributed by atoms with Crippen LogP contribution in [0.2, 0.25) is 0 Å². The molecule has 1 heterocycles. The van der Waals surface area contributed by atoms with Gasteiger partial charge in [0.05, 0.1) is 6.61 Å². The summed E-state index contributed by atoms with van der Waals surface area (Å²) in [6, 6.07) is 8.51. The molecule has 1 aromatic carbocycles. The lowest BCUT2D eigenvalue weighted by molar-refractivity contribution is 0.201. The molecule has 1 fully saturated rings. The number of benzene rings is 1. The van der Waals surface area contributed by atoms with Gasteiger partial charge in [0.25, 0.3) is 0 Å². The molecular formula is C28H46O2. The molecule has 0 amide bonds. The standard InChI is InChI=1S/C28H46O2/c1-3-4-5-6-7-8-9-10-11-12-13-14-15-16-17-18-21-26-22-19-20-23-27(26)29-24-28(2)25-30-28/h8-9,19-20,22-23H,3-7,10-18,21,24-25H2,1-2H3/b9-8+. The Balaban J connectivity index is 1.39. The summed E-state index contributed by atoms with van der Waals surface area (Å²) in [6.07, 6.45) is 24.9. The van der Waals surface area contributed by atoms with Crippen molar-refractivity contribution in [2.24, 2.45) is 0 Å². The van der Waals surface area contributed by atoms with Crippen LogP contribution in [0.3, 0.4) is 0 Å². The first-order valence-electron chi connectivity index (χ1n) is 12.7. The molecule has 1 saturated heterocycles. The van der Waals surface area contributed by atoms with Crippen LogP contribution in [-0.2, 0) is 11.2 Å². The molecule has 1 aliphatic rings. The van der Waals surface area contributed by atoms with Crippen LogP contribution >= 0.6 is 0 Å². The van der Waals surface area contributed by atoms with Crippen molar-refractivity contribution in [2.45, 2.75) is 116 Å². The summed E-state index contributed by atoms with van der Waals surface area (Å²) in [6.45, 7) is 5.88. The van der Waals surface area contributed by atoms with Crippen molar-refractivity contribution in [3.8, 4) is 5.75 Å². The first-order chi connectivity index (χ1) is 14.7. The normalized spacial score (nSPS) is 18.2. The van der Waals surface area contributed by atoms with Crippen molar-refractivity contribution in [3.63, 3.8) is 0 Å². The van der Waals surface area contributed by atoms with Gasteiger partial charge < -0.3 is 9.47 Å². The van der Waals surface area contributed by atoms with Crippen molar-refractivity contribution >= 4 is 0 Å². The number of rotatable bonds is 19. The van der Waals surface area contributed by atoms with Crippen LogP contribution < -0.4 is 4.74 Å². The molecule has 1 unspecified atom stereocenters. The van der Waals surface area contributed by atoms with Crippen LogP contribution in [0.1, 0.15) is 109 Å². The van der Waals surface area contributed by atoms with Gasteiger partial charge in [0.1, 0.15) is 18.0 Å². The minimum atomic E-state index is -0.0440. The van der Waals surface area contributed by atoms with Crippen LogP contribution in [0, 0.1) is 0 Å². The molecule has 170 valence electrons. The van der Waals surface area contributed by atoms with Crippen molar-refractivity contribution < 1.29 is 9.47 Å². The number of unbranched alkanes of at least 4 members (excludes halogenated alkanes) is 12. The van der Waals surface area contributed by atoms with Gasteiger partial charge in [-0.05, 0) is 57.1 Å². The van der Waals surface area contributed by atoms with Crippen LogP contribution in [0.15, 0.2) is 36.4 Å². The highest BCUT2D eigenvalue weighted by molar-refractivity contribution is 5.33. The van der Waals surface area contributed by atoms with E-state index >= 15 is 0 Å². The Morgan fingerprint density at radius 1 is 0.833 bits per heavy atom. The Labute approximate surface area is 186 Å². The smallest absolute Gasteiger partial charge is 0.123 e. The summed E-state index contributed by atoms with van der Waals surface area (Å²) in [7, 11) is 0. The highest BCUT2D eigenvalue weighted by Gasteiger charge is 2.40. The molecule has 1 aliphatic heterocycles. The molecule has 2 rings (SSSR count). The van der Waals surface area contributed by atoms with Crippen molar-refractivity contribution in [1.29, 1.82) is 0 Å². The van der Waals surface area contributed by atoms with Gasteiger partial charge in [0.15, 0.2) is 0 Å². The quantitative estimate of drug-likeness (QED) is 0.129. The minimum Gasteiger partial charge on any atom is -0.490 e. The third-order valence-corrected chi connectivity index (χ3v) is 6.10. The zero-order chi connectivity index (χ0) is 21.3. The van der Waals surface area contributed by atoms with E-state index in [0.29, 0.717) is 6.61 Å². The van der Waals surface area contributed by atoms with E-state index in [1.54, 1.807) is 0 Å². The molecule has 0 spiro atoms. The molecular weight excluding hydrogens is 368 g/mol. The molecule has 2 heteroatoms. The number of hydrogen-bond donors (Lipinski definition) is 0. The van der Waals surface area contributed by atoms with E-state index < -0.39 is 0 Å². The van der Waals surface area contributed by atoms with Gasteiger partial charge in [-0.15, -0.1) is 0 Å². The van der Waals surface area contributed by atoms with Crippen molar-refractivity contribution in [1.82, 2.24) is 0 Å². The summed E-state index contributed by atoms with van der Waals surface area (Å²) in [5, 5.41) is 0. The van der Waals surface area contributed by atoms with Crippen molar-refractivity contribution in [3.05, 3.63) is 42.0 Å². The van der Waals surface area contributed by atoms with Crippen LogP contribution in [0.5, 0.6) is 5.75 Å². The van der Waals surface area contributed by atoms with E-state index in [4.69, 9.17) is 9.47 Å². The Morgan fingerprint density at radius 3 is 2.03 bits per heavy atom. The molecule has 0 bridgehead atoms. The Hall–Kier alpha value is -1.28. The molecule has 0 N–H and O–H groups in total. The number of ether oxygens (including phenoxy) is 2. The number of epoxide rings is 1. The van der Waals surface area contributed by atoms with Gasteiger partial charge in [0, 0.05) is 0 Å². The van der Waals surface area contributed by atoms with Crippen molar-refractivity contribution in [2.75, 3.05) is 13.2 Å². The van der Waals surface area contributed by atoms with E-state index in [9.17, 15) is 0 Å². The fourth-order valence-corrected chi connectivity index (χ4v) is 3.85. The average molecular weight is 415 g/mol. The number of aryl methyl sites for hydroxylation is 1. The summed E-state index contributed by atoms with van der Waals surface area (Å²) in [5.74, 6) is 1.05. The second-order valence-corrected chi connectivity index (χ2v) is 9.32. The Morgan fingerprint density at radius 2 is 1.40 bits per heavy atom. The van der Waals surface area contributed by atoms with E-state index in [1.807, 2.05) is 0 Å². The van der Waals surface area contributed by atoms with E-state index in [1.165, 1.54) is 95.5 Å². The maximum absolute atomic E-state index is 6.01. The number of hydrogen-bond acceptors (Lipinski definition) is 2. The predicted molar refractivity (Wildman–Crippen MR) is 129 cm³/mol. The average Bonchev–Trinajstić information content (AvgIpc) is 3.50. The van der Waals surface area contributed by atoms with Gasteiger partial charge in [-0.2, -0.15) is 0 Å². The second-order valence-electron chi connectivity index (χ2n) is 9.32. The summed E-state index contributed by atoms with van der Waals surface area (Å²) in [5.41, 5.74) is 1.30. The Bertz CT molecular complexity index is 574. The highest BCUT2D eigenvalue weighted by atomic mass is 16.6. The molecule has 0 radical (unpaired) electrons. The molecule has 0 saturated carbocycles. The predicted octanol–water partition coefficient (Wildman–Crippen LogP) is 8.43. The van der Waals surface area contributed by atoms with Gasteiger partial charge in [0.2, 0.25) is 0 Å². The van der Waals surface area contributed by atoms with Gasteiger partial charge >= 0.3 is 0 Å². The van der Waals surface area contributed by atoms with Crippen LogP contribution in [-0.4, -0.2) is 18.8 Å². The number of para-hydroxylation sites is 1. The first-order valence-corrected chi connectivity index (χ1v) is 12.7. The second kappa shape index (κ2) is 15.5. The topological polar surface area (TPSA) is 21.8 Å². The first kappa shape index (κ1) is 25.0. The fourth-order valence-electron chi connectivity index (χ4n) is 3.85. The summed E-state index contributed by atoms with van der Waals surface area (Å²) >= 11 is 0. The molecule has 0 aliphatic carbocycles. The SMILES string of the molecule is CCCCCC/C=C/CCCCCCCCCCc1ccccc1OCC1(C)CO1. The van der Waals surface area contributed by atoms with Gasteiger partial charge in [-0.3, -0.25) is 0 Å². The lowest BCUT2D eigenvalue weighted by Gasteiger charge is -2.13. The largest absolute Gasteiger partial charge is 0.490 e. The van der Waals surface area contributed by atoms with E-state index in [-0.39, 0.29) is 5.60 Å². The summed E-state index contributed by atoms with van der Waals surface area (Å²) < 4.78 is 11.4. The van der Waals surface area contributed by atoms with Crippen LogP contribution in [0.4, 0.5) is 0 Å². The fraction of sp³-hybridized carbons (Fsp3) is 0.714. The van der Waals surface area contributed by atoms with Gasteiger partial charge in [-0.1, -0.05) is 95.1 Å². The maximum atomic E-state index is 6.01.